The number of allylic oxidation sites excluding steroid dienone is 1. The van der Waals surface area contributed by atoms with E-state index >= 15 is 0 Å². The number of para-hydroxylation sites is 2. The minimum atomic E-state index is 0.861. The molecule has 0 fully saturated rings. The molecule has 14 aromatic rings. The van der Waals surface area contributed by atoms with E-state index in [-0.39, 0.29) is 0 Å². The molecule has 0 saturated heterocycles. The molecule has 4 aromatic heterocycles. The van der Waals surface area contributed by atoms with Gasteiger partial charge in [0.15, 0.2) is 0 Å². The quantitative estimate of drug-likeness (QED) is 0.167. The van der Waals surface area contributed by atoms with Crippen molar-refractivity contribution in [2.45, 2.75) is 12.8 Å². The Hall–Kier alpha value is -9.12. The molecule has 0 radical (unpaired) electrons. The molecule has 1 aliphatic rings. The second-order valence-corrected chi connectivity index (χ2v) is 18.7. The zero-order valence-corrected chi connectivity index (χ0v) is 38.1. The molecule has 1 aliphatic carbocycles. The van der Waals surface area contributed by atoms with Crippen molar-refractivity contribution in [3.63, 3.8) is 0 Å². The lowest BCUT2D eigenvalue weighted by Crippen LogP contribution is -2.05. The van der Waals surface area contributed by atoms with Gasteiger partial charge in [0.1, 0.15) is 22.3 Å². The zero-order chi connectivity index (χ0) is 45.9. The van der Waals surface area contributed by atoms with E-state index in [1.165, 1.54) is 28.0 Å². The van der Waals surface area contributed by atoms with Crippen molar-refractivity contribution >= 4 is 88.2 Å². The highest BCUT2D eigenvalue weighted by Gasteiger charge is 2.30. The van der Waals surface area contributed by atoms with Gasteiger partial charge >= 0.3 is 0 Å². The van der Waals surface area contributed by atoms with Crippen molar-refractivity contribution in [3.05, 3.63) is 241 Å². The number of hydrogen-bond donors (Lipinski definition) is 0. The molecule has 0 spiro atoms. The van der Waals surface area contributed by atoms with E-state index in [0.29, 0.717) is 0 Å². The van der Waals surface area contributed by atoms with E-state index in [9.17, 15) is 0 Å². The third-order valence-electron chi connectivity index (χ3n) is 14.8. The molecule has 4 heterocycles. The second kappa shape index (κ2) is 15.2. The van der Waals surface area contributed by atoms with Gasteiger partial charge in [-0.25, -0.2) is 0 Å². The molecule has 0 amide bonds. The maximum Gasteiger partial charge on any atom is 0.145 e. The fourth-order valence-corrected chi connectivity index (χ4v) is 11.7. The van der Waals surface area contributed by atoms with E-state index in [0.717, 1.165) is 129 Å². The highest BCUT2D eigenvalue weighted by atomic mass is 16.3. The van der Waals surface area contributed by atoms with E-state index in [1.54, 1.807) is 0 Å². The summed E-state index contributed by atoms with van der Waals surface area (Å²) in [4.78, 5) is 0. The van der Waals surface area contributed by atoms with Crippen LogP contribution in [0.1, 0.15) is 23.2 Å². The van der Waals surface area contributed by atoms with Gasteiger partial charge in [-0.2, -0.15) is 0 Å². The van der Waals surface area contributed by atoms with Gasteiger partial charge in [0.2, 0.25) is 0 Å². The molecule has 0 saturated carbocycles. The van der Waals surface area contributed by atoms with Crippen LogP contribution in [0.5, 0.6) is 0 Å². The van der Waals surface area contributed by atoms with Gasteiger partial charge < -0.3 is 18.0 Å². The molecular formula is C66H42N2O2. The van der Waals surface area contributed by atoms with Crippen LogP contribution in [-0.2, 0) is 6.42 Å². The third kappa shape index (κ3) is 5.77. The molecule has 328 valence electrons. The third-order valence-corrected chi connectivity index (χ3v) is 14.8. The van der Waals surface area contributed by atoms with Crippen LogP contribution in [0.15, 0.2) is 233 Å². The van der Waals surface area contributed by atoms with Crippen LogP contribution in [0.2, 0.25) is 0 Å². The van der Waals surface area contributed by atoms with E-state index in [2.05, 4.69) is 234 Å². The molecular weight excluding hydrogens is 853 g/mol. The lowest BCUT2D eigenvalue weighted by molar-refractivity contribution is 0.669. The zero-order valence-electron chi connectivity index (χ0n) is 38.1. The normalized spacial score (nSPS) is 12.8. The van der Waals surface area contributed by atoms with Gasteiger partial charge in [0.25, 0.3) is 0 Å². The van der Waals surface area contributed by atoms with Crippen molar-refractivity contribution in [2.75, 3.05) is 0 Å². The van der Waals surface area contributed by atoms with E-state index in [4.69, 9.17) is 8.83 Å². The Morgan fingerprint density at radius 3 is 1.60 bits per heavy atom. The highest BCUT2D eigenvalue weighted by molar-refractivity contribution is 6.31. The van der Waals surface area contributed by atoms with Crippen LogP contribution in [-0.4, -0.2) is 9.13 Å². The molecule has 15 rings (SSSR count). The van der Waals surface area contributed by atoms with Gasteiger partial charge in [-0.15, -0.1) is 0 Å². The minimum Gasteiger partial charge on any atom is -0.456 e. The molecule has 0 unspecified atom stereocenters. The summed E-state index contributed by atoms with van der Waals surface area (Å²) in [5, 5.41) is 7.77. The van der Waals surface area contributed by atoms with Gasteiger partial charge in [-0.3, -0.25) is 0 Å². The summed E-state index contributed by atoms with van der Waals surface area (Å²) >= 11 is 0. The Labute approximate surface area is 403 Å². The first-order chi connectivity index (χ1) is 34.7. The SMILES string of the molecule is C1=C(c2ccccc2)CCc2c1c1c3oc4c(cc(-c5ccccc5)c5c4c4cc(-c6ccccc6)ccc4n5-c4ccccc4)c3cc(-c3ccccc3)c1n2-c1ccc2oc3ccccc3c2c1. The standard InChI is InChI=1S/C66H42N2O2/c1-6-18-41(19-7-1)45-30-33-57-55(36-45)61-63(67(57)47-26-14-5-15-27-47)50(43-22-10-3-11-23-43)39-53-54-40-51(44-24-12-4-13-25-44)64-62(66(54)70-65(53)61)56-37-46(42-20-8-2-9-21-42)31-34-58(56)68(64)48-32-35-60-52(38-48)49-28-16-17-29-59(49)69-60/h1-30,32-33,35-40H,31,34H2. The van der Waals surface area contributed by atoms with Crippen LogP contribution >= 0.6 is 0 Å². The predicted molar refractivity (Wildman–Crippen MR) is 291 cm³/mol. The Bertz CT molecular complexity index is 4420. The smallest absolute Gasteiger partial charge is 0.145 e. The molecule has 0 aliphatic heterocycles. The average molecular weight is 895 g/mol. The minimum absolute atomic E-state index is 0.861. The molecule has 0 N–H and O–H groups in total. The van der Waals surface area contributed by atoms with Crippen molar-refractivity contribution in [2.24, 2.45) is 0 Å². The van der Waals surface area contributed by atoms with Gasteiger partial charge in [0.05, 0.1) is 27.3 Å². The van der Waals surface area contributed by atoms with Crippen LogP contribution < -0.4 is 0 Å². The lowest BCUT2D eigenvalue weighted by atomic mass is 9.90. The van der Waals surface area contributed by atoms with Crippen LogP contribution in [0.25, 0.3) is 133 Å². The topological polar surface area (TPSA) is 36.1 Å². The molecule has 4 nitrogen and oxygen atoms in total. The number of furan rings is 2. The molecule has 0 atom stereocenters. The number of nitrogens with zero attached hydrogens (tertiary/aromatic N) is 2. The van der Waals surface area contributed by atoms with Gasteiger partial charge in [-0.1, -0.05) is 164 Å². The van der Waals surface area contributed by atoms with Crippen LogP contribution in [0.4, 0.5) is 0 Å². The Morgan fingerprint density at radius 1 is 0.343 bits per heavy atom. The number of fused-ring (bicyclic) bond motifs is 14. The summed E-state index contributed by atoms with van der Waals surface area (Å²) in [7, 11) is 0. The maximum absolute atomic E-state index is 7.76. The van der Waals surface area contributed by atoms with Crippen molar-refractivity contribution in [3.8, 4) is 44.8 Å². The first kappa shape index (κ1) is 38.9. The highest BCUT2D eigenvalue weighted by Crippen LogP contribution is 2.51. The summed E-state index contributed by atoms with van der Waals surface area (Å²) in [5.74, 6) is 0. The lowest BCUT2D eigenvalue weighted by Gasteiger charge is -2.18. The first-order valence-corrected chi connectivity index (χ1v) is 24.2. The molecule has 70 heavy (non-hydrogen) atoms. The van der Waals surface area contributed by atoms with E-state index in [1.807, 2.05) is 6.07 Å². The largest absolute Gasteiger partial charge is 0.456 e. The molecule has 10 aromatic carbocycles. The van der Waals surface area contributed by atoms with Gasteiger partial charge in [-0.05, 0) is 113 Å². The number of hydrogen-bond acceptors (Lipinski definition) is 2. The average Bonchev–Trinajstić information content (AvgIpc) is 4.19. The number of rotatable bonds is 6. The fraction of sp³-hybridized carbons (Fsp3) is 0.0303. The Kier molecular flexibility index (Phi) is 8.45. The summed E-state index contributed by atoms with van der Waals surface area (Å²) in [6.07, 6.45) is 4.23. The van der Waals surface area contributed by atoms with Crippen LogP contribution in [0.3, 0.4) is 0 Å². The van der Waals surface area contributed by atoms with Gasteiger partial charge in [0, 0.05) is 60.7 Å². The number of benzene rings is 10. The van der Waals surface area contributed by atoms with Crippen molar-refractivity contribution < 1.29 is 8.83 Å². The predicted octanol–water partition coefficient (Wildman–Crippen LogP) is 18.0. The van der Waals surface area contributed by atoms with Crippen molar-refractivity contribution in [1.82, 2.24) is 9.13 Å². The van der Waals surface area contributed by atoms with E-state index < -0.39 is 0 Å². The fourth-order valence-electron chi connectivity index (χ4n) is 11.7. The molecule has 4 heteroatoms. The number of aromatic nitrogens is 2. The second-order valence-electron chi connectivity index (χ2n) is 18.7. The molecule has 0 bridgehead atoms. The Morgan fingerprint density at radius 2 is 0.914 bits per heavy atom. The summed E-state index contributed by atoms with van der Waals surface area (Å²) in [6, 6.07) is 81.0. The van der Waals surface area contributed by atoms with Crippen LogP contribution in [0, 0.1) is 0 Å². The monoisotopic (exact) mass is 894 g/mol. The Balaban J connectivity index is 1.15. The maximum atomic E-state index is 7.76. The summed E-state index contributed by atoms with van der Waals surface area (Å²) < 4.78 is 19.2. The summed E-state index contributed by atoms with van der Waals surface area (Å²) in [6.45, 7) is 0. The summed E-state index contributed by atoms with van der Waals surface area (Å²) in [5.41, 5.74) is 21.1. The van der Waals surface area contributed by atoms with Crippen molar-refractivity contribution in [1.29, 1.82) is 0 Å². The first-order valence-electron chi connectivity index (χ1n) is 24.2.